The molecule has 1 aromatic heterocycles. The van der Waals surface area contributed by atoms with Gasteiger partial charge in [0, 0.05) is 19.8 Å². The van der Waals surface area contributed by atoms with Gasteiger partial charge in [0.1, 0.15) is 5.25 Å². The van der Waals surface area contributed by atoms with E-state index in [-0.39, 0.29) is 11.2 Å². The van der Waals surface area contributed by atoms with Crippen LogP contribution in [0, 0.1) is 0 Å². The molecule has 0 saturated carbocycles. The Morgan fingerprint density at radius 1 is 1.45 bits per heavy atom. The molecule has 0 saturated heterocycles. The summed E-state index contributed by atoms with van der Waals surface area (Å²) in [6.45, 7) is 0.715. The predicted octanol–water partition coefficient (Wildman–Crippen LogP) is 2.50. The molecule has 0 fully saturated rings. The second kappa shape index (κ2) is 7.01. The SMILES string of the molecule is Cn1cc(CCCNC(=O)[C@H]2SCCc3ccccc32)cn1. The number of fused-ring (bicyclic) bond motifs is 1. The van der Waals surface area contributed by atoms with Gasteiger partial charge in [0.05, 0.1) is 6.20 Å². The molecular formula is C17H21N3OS. The molecule has 1 aliphatic heterocycles. The van der Waals surface area contributed by atoms with Crippen molar-refractivity contribution < 1.29 is 4.79 Å². The van der Waals surface area contributed by atoms with Gasteiger partial charge < -0.3 is 5.32 Å². The Hall–Kier alpha value is -1.75. The lowest BCUT2D eigenvalue weighted by molar-refractivity contribution is -0.120. The van der Waals surface area contributed by atoms with E-state index in [0.717, 1.165) is 25.0 Å². The summed E-state index contributed by atoms with van der Waals surface area (Å²) in [4.78, 5) is 12.4. The Kier molecular flexibility index (Phi) is 4.83. The Labute approximate surface area is 135 Å². The smallest absolute Gasteiger partial charge is 0.237 e. The van der Waals surface area contributed by atoms with E-state index in [1.165, 1.54) is 16.7 Å². The molecule has 4 nitrogen and oxygen atoms in total. The number of hydrogen-bond donors (Lipinski definition) is 1. The fourth-order valence-corrected chi connectivity index (χ4v) is 4.03. The van der Waals surface area contributed by atoms with Crippen LogP contribution in [0.25, 0.3) is 0 Å². The van der Waals surface area contributed by atoms with Crippen LogP contribution in [0.15, 0.2) is 36.7 Å². The molecule has 1 aliphatic rings. The molecule has 0 aliphatic carbocycles. The highest BCUT2D eigenvalue weighted by molar-refractivity contribution is 8.00. The number of carbonyl (C=O) groups is 1. The lowest BCUT2D eigenvalue weighted by atomic mass is 10.0. The molecule has 22 heavy (non-hydrogen) atoms. The normalized spacial score (nSPS) is 17.0. The molecule has 116 valence electrons. The summed E-state index contributed by atoms with van der Waals surface area (Å²) in [5.74, 6) is 1.16. The fraction of sp³-hybridized carbons (Fsp3) is 0.412. The second-order valence-electron chi connectivity index (χ2n) is 5.62. The van der Waals surface area contributed by atoms with Gasteiger partial charge in [0.2, 0.25) is 5.91 Å². The summed E-state index contributed by atoms with van der Waals surface area (Å²) >= 11 is 1.75. The molecule has 2 heterocycles. The van der Waals surface area contributed by atoms with Gasteiger partial charge in [-0.1, -0.05) is 24.3 Å². The number of rotatable bonds is 5. The first-order valence-corrected chi connectivity index (χ1v) is 8.73. The van der Waals surface area contributed by atoms with E-state index in [0.29, 0.717) is 6.54 Å². The van der Waals surface area contributed by atoms with Gasteiger partial charge in [-0.2, -0.15) is 5.10 Å². The lowest BCUT2D eigenvalue weighted by Gasteiger charge is -2.24. The number of amides is 1. The van der Waals surface area contributed by atoms with Gasteiger partial charge in [-0.25, -0.2) is 0 Å². The Bertz CT molecular complexity index is 653. The average molecular weight is 315 g/mol. The number of nitrogens with one attached hydrogen (secondary N) is 1. The molecule has 0 bridgehead atoms. The standard InChI is InChI=1S/C17H21N3OS/c1-20-12-13(11-19-20)5-4-9-18-17(21)16-15-7-3-2-6-14(15)8-10-22-16/h2-3,6-7,11-12,16H,4-5,8-10H2,1H3,(H,18,21)/t16-/m0/s1. The second-order valence-corrected chi connectivity index (χ2v) is 6.83. The zero-order valence-electron chi connectivity index (χ0n) is 12.8. The molecular weight excluding hydrogens is 294 g/mol. The minimum absolute atomic E-state index is 0.0525. The molecule has 0 spiro atoms. The van der Waals surface area contributed by atoms with E-state index >= 15 is 0 Å². The molecule has 0 unspecified atom stereocenters. The third kappa shape index (κ3) is 3.53. The summed E-state index contributed by atoms with van der Waals surface area (Å²) in [5.41, 5.74) is 3.72. The molecule has 1 N–H and O–H groups in total. The van der Waals surface area contributed by atoms with E-state index in [1.807, 2.05) is 30.2 Å². The van der Waals surface area contributed by atoms with Crippen LogP contribution in [0.5, 0.6) is 0 Å². The van der Waals surface area contributed by atoms with Gasteiger partial charge in [0.15, 0.2) is 0 Å². The summed E-state index contributed by atoms with van der Waals surface area (Å²) in [5, 5.41) is 7.19. The molecule has 5 heteroatoms. The molecule has 2 aromatic rings. The molecule has 0 radical (unpaired) electrons. The zero-order valence-corrected chi connectivity index (χ0v) is 13.6. The van der Waals surface area contributed by atoms with Crippen LogP contribution in [0.1, 0.15) is 28.4 Å². The summed E-state index contributed by atoms with van der Waals surface area (Å²) < 4.78 is 1.81. The Morgan fingerprint density at radius 3 is 3.14 bits per heavy atom. The monoisotopic (exact) mass is 315 g/mol. The predicted molar refractivity (Wildman–Crippen MR) is 89.9 cm³/mol. The minimum atomic E-state index is -0.0525. The minimum Gasteiger partial charge on any atom is -0.355 e. The van der Waals surface area contributed by atoms with Gasteiger partial charge in [0.25, 0.3) is 0 Å². The molecule has 1 aromatic carbocycles. The average Bonchev–Trinajstić information content (AvgIpc) is 2.96. The van der Waals surface area contributed by atoms with Gasteiger partial charge in [-0.3, -0.25) is 9.48 Å². The number of aromatic nitrogens is 2. The van der Waals surface area contributed by atoms with Crippen molar-refractivity contribution >= 4 is 17.7 Å². The van der Waals surface area contributed by atoms with Gasteiger partial charge in [-0.15, -0.1) is 11.8 Å². The van der Waals surface area contributed by atoms with Crippen molar-refractivity contribution in [3.05, 3.63) is 53.3 Å². The number of benzene rings is 1. The Morgan fingerprint density at radius 2 is 2.32 bits per heavy atom. The van der Waals surface area contributed by atoms with Crippen LogP contribution in [0.2, 0.25) is 0 Å². The van der Waals surface area contributed by atoms with Gasteiger partial charge in [-0.05, 0) is 41.7 Å². The summed E-state index contributed by atoms with van der Waals surface area (Å²) in [6, 6.07) is 8.30. The van der Waals surface area contributed by atoms with Crippen LogP contribution in [-0.2, 0) is 24.7 Å². The van der Waals surface area contributed by atoms with Crippen molar-refractivity contribution in [1.82, 2.24) is 15.1 Å². The van der Waals surface area contributed by atoms with Crippen LogP contribution in [0.3, 0.4) is 0 Å². The van der Waals surface area contributed by atoms with Crippen LogP contribution in [-0.4, -0.2) is 28.0 Å². The van der Waals surface area contributed by atoms with Gasteiger partial charge >= 0.3 is 0 Å². The van der Waals surface area contributed by atoms with E-state index in [2.05, 4.69) is 28.6 Å². The number of hydrogen-bond acceptors (Lipinski definition) is 3. The fourth-order valence-electron chi connectivity index (χ4n) is 2.81. The first-order valence-electron chi connectivity index (χ1n) is 7.68. The van der Waals surface area contributed by atoms with Crippen molar-refractivity contribution in [3.63, 3.8) is 0 Å². The van der Waals surface area contributed by atoms with Crippen molar-refractivity contribution in [2.24, 2.45) is 7.05 Å². The van der Waals surface area contributed by atoms with E-state index in [1.54, 1.807) is 11.8 Å². The van der Waals surface area contributed by atoms with E-state index in [4.69, 9.17) is 0 Å². The maximum Gasteiger partial charge on any atom is 0.237 e. The summed E-state index contributed by atoms with van der Waals surface area (Å²) in [6.07, 6.45) is 6.86. The van der Waals surface area contributed by atoms with Crippen LogP contribution >= 0.6 is 11.8 Å². The van der Waals surface area contributed by atoms with Crippen molar-refractivity contribution in [2.75, 3.05) is 12.3 Å². The highest BCUT2D eigenvalue weighted by Gasteiger charge is 2.26. The molecule has 1 amide bonds. The topological polar surface area (TPSA) is 46.9 Å². The third-order valence-electron chi connectivity index (χ3n) is 3.93. The van der Waals surface area contributed by atoms with Crippen molar-refractivity contribution in [1.29, 1.82) is 0 Å². The summed E-state index contributed by atoms with van der Waals surface area (Å²) in [7, 11) is 1.92. The maximum absolute atomic E-state index is 12.4. The van der Waals surface area contributed by atoms with E-state index < -0.39 is 0 Å². The van der Waals surface area contributed by atoms with Crippen molar-refractivity contribution in [3.8, 4) is 0 Å². The number of thioether (sulfide) groups is 1. The first kappa shape index (κ1) is 15.2. The molecule has 3 rings (SSSR count). The molecule has 1 atom stereocenters. The highest BCUT2D eigenvalue weighted by Crippen LogP contribution is 2.36. The van der Waals surface area contributed by atoms with Crippen molar-refractivity contribution in [2.45, 2.75) is 24.5 Å². The maximum atomic E-state index is 12.4. The quantitative estimate of drug-likeness (QED) is 0.862. The number of aryl methyl sites for hydroxylation is 3. The zero-order chi connectivity index (χ0) is 15.4. The Balaban J connectivity index is 1.50. The van der Waals surface area contributed by atoms with E-state index in [9.17, 15) is 4.79 Å². The first-order chi connectivity index (χ1) is 10.7. The number of carbonyl (C=O) groups excluding carboxylic acids is 1. The number of nitrogens with zero attached hydrogens (tertiary/aromatic N) is 2. The third-order valence-corrected chi connectivity index (χ3v) is 5.17. The van der Waals surface area contributed by atoms with Crippen LogP contribution < -0.4 is 5.32 Å². The lowest BCUT2D eigenvalue weighted by Crippen LogP contribution is -2.31. The largest absolute Gasteiger partial charge is 0.355 e. The van der Waals surface area contributed by atoms with Crippen LogP contribution in [0.4, 0.5) is 0 Å². The highest BCUT2D eigenvalue weighted by atomic mass is 32.2.